The highest BCUT2D eigenvalue weighted by molar-refractivity contribution is 6.62. The lowest BCUT2D eigenvalue weighted by atomic mass is 9.61. The summed E-state index contributed by atoms with van der Waals surface area (Å²) in [4.78, 5) is 0. The van der Waals surface area contributed by atoms with E-state index >= 15 is 0 Å². The van der Waals surface area contributed by atoms with E-state index in [-0.39, 0.29) is 23.7 Å². The van der Waals surface area contributed by atoms with Crippen molar-refractivity contribution in [3.05, 3.63) is 101 Å². The van der Waals surface area contributed by atoms with Crippen LogP contribution in [0.4, 0.5) is 0 Å². The van der Waals surface area contributed by atoms with Crippen molar-refractivity contribution < 1.29 is 14.0 Å². The predicted octanol–water partition coefficient (Wildman–Crippen LogP) is 6.93. The zero-order chi connectivity index (χ0) is 24.3. The smallest absolute Gasteiger partial charge is 0.457 e. The Morgan fingerprint density at radius 1 is 0.686 bits per heavy atom. The maximum absolute atomic E-state index is 6.43. The van der Waals surface area contributed by atoms with Gasteiger partial charge in [-0.15, -0.1) is 0 Å². The third-order valence-corrected chi connectivity index (χ3v) is 8.44. The van der Waals surface area contributed by atoms with Crippen molar-refractivity contribution in [1.29, 1.82) is 0 Å². The number of hydrogen-bond acceptors (Lipinski definition) is 3. The molecule has 0 saturated carbocycles. The predicted molar refractivity (Wildman–Crippen MR) is 142 cm³/mol. The first-order valence-electron chi connectivity index (χ1n) is 12.9. The first-order chi connectivity index (χ1) is 16.8. The van der Waals surface area contributed by atoms with Crippen LogP contribution in [0.25, 0.3) is 0 Å². The molecule has 1 saturated heterocycles. The van der Waals surface area contributed by atoms with Crippen molar-refractivity contribution >= 4 is 12.6 Å². The molecule has 1 fully saturated rings. The van der Waals surface area contributed by atoms with Crippen molar-refractivity contribution in [3.8, 4) is 11.5 Å². The van der Waals surface area contributed by atoms with Gasteiger partial charge in [0.15, 0.2) is 0 Å². The topological polar surface area (TPSA) is 27.7 Å². The van der Waals surface area contributed by atoms with Gasteiger partial charge in [0.2, 0.25) is 0 Å². The van der Waals surface area contributed by atoms with Gasteiger partial charge in [-0.1, -0.05) is 72.3 Å². The summed E-state index contributed by atoms with van der Waals surface area (Å²) < 4.78 is 19.1. The quantitative estimate of drug-likeness (QED) is 0.311. The van der Waals surface area contributed by atoms with Gasteiger partial charge in [-0.2, -0.15) is 0 Å². The average molecular weight is 464 g/mol. The van der Waals surface area contributed by atoms with Crippen LogP contribution in [0.2, 0.25) is 0 Å². The second kappa shape index (κ2) is 8.11. The van der Waals surface area contributed by atoms with Crippen LogP contribution in [0.15, 0.2) is 84.4 Å². The van der Waals surface area contributed by atoms with Crippen LogP contribution in [0, 0.1) is 0 Å². The van der Waals surface area contributed by atoms with Gasteiger partial charge in [0.1, 0.15) is 11.5 Å². The van der Waals surface area contributed by atoms with Crippen molar-refractivity contribution in [2.75, 3.05) is 0 Å². The highest BCUT2D eigenvalue weighted by atomic mass is 16.7. The van der Waals surface area contributed by atoms with Crippen molar-refractivity contribution in [2.45, 2.75) is 70.0 Å². The van der Waals surface area contributed by atoms with E-state index in [9.17, 15) is 0 Å². The van der Waals surface area contributed by atoms with E-state index in [2.05, 4.69) is 107 Å². The second-order valence-electron chi connectivity index (χ2n) is 11.0. The van der Waals surface area contributed by atoms with Crippen molar-refractivity contribution in [2.24, 2.45) is 0 Å². The molecule has 4 heteroatoms. The first kappa shape index (κ1) is 22.6. The number of allylic oxidation sites excluding steroid dienone is 2. The van der Waals surface area contributed by atoms with E-state index < -0.39 is 0 Å². The second-order valence-corrected chi connectivity index (χ2v) is 11.0. The molecule has 3 aromatic carbocycles. The van der Waals surface area contributed by atoms with Gasteiger partial charge in [0, 0.05) is 11.1 Å². The van der Waals surface area contributed by atoms with Gasteiger partial charge >= 0.3 is 7.12 Å². The van der Waals surface area contributed by atoms with E-state index in [1.807, 2.05) is 0 Å². The number of ether oxygens (including phenoxy) is 1. The Kier molecular flexibility index (Phi) is 5.25. The lowest BCUT2D eigenvalue weighted by Crippen LogP contribution is -2.41. The summed E-state index contributed by atoms with van der Waals surface area (Å²) in [6.45, 7) is 8.40. The van der Waals surface area contributed by atoms with E-state index in [0.29, 0.717) is 0 Å². The first-order valence-corrected chi connectivity index (χ1v) is 12.9. The summed E-state index contributed by atoms with van der Waals surface area (Å²) in [5, 5.41) is 0. The Bertz CT molecular complexity index is 1230. The van der Waals surface area contributed by atoms with Crippen molar-refractivity contribution in [1.82, 2.24) is 0 Å². The summed E-state index contributed by atoms with van der Waals surface area (Å²) >= 11 is 0. The van der Waals surface area contributed by atoms with Crippen LogP contribution < -0.4 is 10.2 Å². The van der Waals surface area contributed by atoms with Crippen LogP contribution in [-0.4, -0.2) is 18.3 Å². The van der Waals surface area contributed by atoms with Gasteiger partial charge in [0.05, 0.1) is 16.6 Å². The minimum Gasteiger partial charge on any atom is -0.457 e. The molecule has 0 unspecified atom stereocenters. The zero-order valence-electron chi connectivity index (χ0n) is 21.1. The van der Waals surface area contributed by atoms with Gasteiger partial charge in [-0.3, -0.25) is 0 Å². The highest BCUT2D eigenvalue weighted by Crippen LogP contribution is 2.56. The fourth-order valence-corrected chi connectivity index (χ4v) is 5.88. The summed E-state index contributed by atoms with van der Waals surface area (Å²) in [5.74, 6) is 1.88. The largest absolute Gasteiger partial charge is 0.494 e. The molecule has 1 aliphatic carbocycles. The normalized spacial score (nSPS) is 21.5. The van der Waals surface area contributed by atoms with Crippen LogP contribution >= 0.6 is 0 Å². The fraction of sp³-hybridized carbons (Fsp3) is 0.355. The fourth-order valence-electron chi connectivity index (χ4n) is 5.88. The van der Waals surface area contributed by atoms with Crippen molar-refractivity contribution in [3.63, 3.8) is 0 Å². The summed E-state index contributed by atoms with van der Waals surface area (Å²) in [7, 11) is -0.367. The van der Waals surface area contributed by atoms with Gasteiger partial charge in [-0.05, 0) is 76.5 Å². The molecule has 0 amide bonds. The van der Waals surface area contributed by atoms with Crippen LogP contribution in [-0.2, 0) is 14.7 Å². The molecule has 6 rings (SSSR count). The zero-order valence-corrected chi connectivity index (χ0v) is 21.1. The molecule has 0 spiro atoms. The molecule has 2 heterocycles. The number of benzene rings is 3. The number of hydrogen-bond donors (Lipinski definition) is 0. The van der Waals surface area contributed by atoms with E-state index in [0.717, 1.165) is 29.8 Å². The SMILES string of the molecule is CC1(C)OB(c2ccc(C3(C4=CCCCC4)c4ccccc4Oc4ccccc43)cc2)OC1(C)C. The Balaban J connectivity index is 1.53. The molecule has 2 aliphatic heterocycles. The minimum absolute atomic E-state index is 0.358. The van der Waals surface area contributed by atoms with E-state index in [1.54, 1.807) is 0 Å². The molecule has 3 nitrogen and oxygen atoms in total. The maximum atomic E-state index is 6.43. The molecule has 0 bridgehead atoms. The van der Waals surface area contributed by atoms with Crippen LogP contribution in [0.1, 0.15) is 70.1 Å². The molecule has 0 atom stereocenters. The molecule has 178 valence electrons. The van der Waals surface area contributed by atoms with E-state index in [4.69, 9.17) is 14.0 Å². The number of fused-ring (bicyclic) bond motifs is 2. The lowest BCUT2D eigenvalue weighted by Gasteiger charge is -2.43. The van der Waals surface area contributed by atoms with Crippen LogP contribution in [0.5, 0.6) is 11.5 Å². The monoisotopic (exact) mass is 464 g/mol. The number of para-hydroxylation sites is 2. The molecule has 35 heavy (non-hydrogen) atoms. The minimum atomic E-state index is -0.375. The molecule has 0 aromatic heterocycles. The summed E-state index contributed by atoms with van der Waals surface area (Å²) in [5.41, 5.74) is 5.12. The Morgan fingerprint density at radius 2 is 1.26 bits per heavy atom. The van der Waals surface area contributed by atoms with Gasteiger partial charge < -0.3 is 14.0 Å². The van der Waals surface area contributed by atoms with Gasteiger partial charge in [0.25, 0.3) is 0 Å². The molecular weight excluding hydrogens is 431 g/mol. The lowest BCUT2D eigenvalue weighted by molar-refractivity contribution is 0.00578. The highest BCUT2D eigenvalue weighted by Gasteiger charge is 2.52. The Morgan fingerprint density at radius 3 is 1.80 bits per heavy atom. The maximum Gasteiger partial charge on any atom is 0.494 e. The Hall–Kier alpha value is -2.82. The molecule has 0 radical (unpaired) electrons. The third-order valence-electron chi connectivity index (χ3n) is 8.44. The summed E-state index contributed by atoms with van der Waals surface area (Å²) in [6.07, 6.45) is 7.14. The third kappa shape index (κ3) is 3.42. The van der Waals surface area contributed by atoms with Gasteiger partial charge in [-0.25, -0.2) is 0 Å². The molecule has 0 N–H and O–H groups in total. The molecular formula is C31H33BO3. The summed E-state index contributed by atoms with van der Waals surface area (Å²) in [6, 6.07) is 26.0. The van der Waals surface area contributed by atoms with Crippen LogP contribution in [0.3, 0.4) is 0 Å². The molecule has 3 aromatic rings. The molecule has 3 aliphatic rings. The average Bonchev–Trinajstić information content (AvgIpc) is 3.10. The van der Waals surface area contributed by atoms with E-state index in [1.165, 1.54) is 35.1 Å². The standard InChI is InChI=1S/C31H33BO3/c1-29(2)30(3,4)35-32(34-29)24-20-18-23(19-21-24)31(22-12-6-5-7-13-22)25-14-8-10-16-27(25)33-28-17-11-9-15-26(28)31/h8-12,14-21H,5-7,13H2,1-4H3. The number of rotatable bonds is 3. The Labute approximate surface area is 209 Å².